The SMILES string of the molecule is Cc1nn(C)c2nc(-c3ccccc3)cc(C(=O)N(C)Cc3ccccc3N3CCCC3)c12. The lowest BCUT2D eigenvalue weighted by Gasteiger charge is -2.25. The van der Waals surface area contributed by atoms with Crippen LogP contribution in [0, 0.1) is 6.92 Å². The molecule has 3 heterocycles. The summed E-state index contributed by atoms with van der Waals surface area (Å²) in [6.07, 6.45) is 2.45. The van der Waals surface area contributed by atoms with Gasteiger partial charge in [0, 0.05) is 45.0 Å². The average molecular weight is 440 g/mol. The van der Waals surface area contributed by atoms with Crippen molar-refractivity contribution in [1.82, 2.24) is 19.7 Å². The minimum atomic E-state index is -0.0214. The largest absolute Gasteiger partial charge is 0.371 e. The molecule has 33 heavy (non-hydrogen) atoms. The van der Waals surface area contributed by atoms with Crippen LogP contribution in [-0.2, 0) is 13.6 Å². The van der Waals surface area contributed by atoms with Gasteiger partial charge >= 0.3 is 0 Å². The van der Waals surface area contributed by atoms with Crippen molar-refractivity contribution in [2.75, 3.05) is 25.0 Å². The number of amides is 1. The highest BCUT2D eigenvalue weighted by molar-refractivity contribution is 6.07. The van der Waals surface area contributed by atoms with Gasteiger partial charge in [0.2, 0.25) is 0 Å². The fraction of sp³-hybridized carbons (Fsp3) is 0.296. The molecule has 0 spiro atoms. The smallest absolute Gasteiger partial charge is 0.254 e. The highest BCUT2D eigenvalue weighted by atomic mass is 16.2. The van der Waals surface area contributed by atoms with E-state index in [-0.39, 0.29) is 5.91 Å². The van der Waals surface area contributed by atoms with Gasteiger partial charge in [-0.05, 0) is 37.5 Å². The Kier molecular flexibility index (Phi) is 5.58. The number of pyridine rings is 1. The molecule has 1 aliphatic heterocycles. The Hall–Kier alpha value is -3.67. The van der Waals surface area contributed by atoms with Gasteiger partial charge in [0.25, 0.3) is 5.91 Å². The van der Waals surface area contributed by atoms with Crippen molar-refractivity contribution in [1.29, 1.82) is 0 Å². The van der Waals surface area contributed by atoms with Gasteiger partial charge in [-0.2, -0.15) is 5.10 Å². The summed E-state index contributed by atoms with van der Waals surface area (Å²) in [6.45, 7) is 4.64. The predicted octanol–water partition coefficient (Wildman–Crippen LogP) is 4.82. The molecule has 1 saturated heterocycles. The summed E-state index contributed by atoms with van der Waals surface area (Å²) < 4.78 is 1.76. The minimum absolute atomic E-state index is 0.0214. The Balaban J connectivity index is 1.53. The minimum Gasteiger partial charge on any atom is -0.371 e. The second-order valence-electron chi connectivity index (χ2n) is 8.81. The van der Waals surface area contributed by atoms with Crippen molar-refractivity contribution in [3.63, 3.8) is 0 Å². The van der Waals surface area contributed by atoms with Crippen LogP contribution in [0.3, 0.4) is 0 Å². The molecule has 0 bridgehead atoms. The number of hydrogen-bond acceptors (Lipinski definition) is 4. The molecule has 6 nitrogen and oxygen atoms in total. The Morgan fingerprint density at radius 1 is 1.03 bits per heavy atom. The molecule has 5 rings (SSSR count). The summed E-state index contributed by atoms with van der Waals surface area (Å²) in [7, 11) is 3.75. The van der Waals surface area contributed by atoms with E-state index in [0.29, 0.717) is 12.1 Å². The van der Waals surface area contributed by atoms with Gasteiger partial charge in [-0.3, -0.25) is 9.48 Å². The second-order valence-corrected chi connectivity index (χ2v) is 8.81. The number of carbonyl (C=O) groups excluding carboxylic acids is 1. The molecule has 168 valence electrons. The predicted molar refractivity (Wildman–Crippen MR) is 132 cm³/mol. The summed E-state index contributed by atoms with van der Waals surface area (Å²) in [5.74, 6) is -0.0214. The Morgan fingerprint density at radius 3 is 2.48 bits per heavy atom. The molecule has 0 atom stereocenters. The van der Waals surface area contributed by atoms with Gasteiger partial charge in [-0.25, -0.2) is 4.98 Å². The van der Waals surface area contributed by atoms with Crippen molar-refractivity contribution < 1.29 is 4.79 Å². The third-order valence-electron chi connectivity index (χ3n) is 6.46. The Bertz CT molecular complexity index is 1310. The maximum atomic E-state index is 13.8. The first kappa shape index (κ1) is 21.2. The quantitative estimate of drug-likeness (QED) is 0.448. The fourth-order valence-electron chi connectivity index (χ4n) is 4.81. The maximum Gasteiger partial charge on any atom is 0.254 e. The zero-order valence-corrected chi connectivity index (χ0v) is 19.5. The van der Waals surface area contributed by atoms with Crippen molar-refractivity contribution in [2.24, 2.45) is 7.05 Å². The van der Waals surface area contributed by atoms with Gasteiger partial charge in [0.05, 0.1) is 22.3 Å². The van der Waals surface area contributed by atoms with Gasteiger partial charge in [0.15, 0.2) is 5.65 Å². The van der Waals surface area contributed by atoms with E-state index < -0.39 is 0 Å². The number of rotatable bonds is 5. The van der Waals surface area contributed by atoms with Gasteiger partial charge < -0.3 is 9.80 Å². The molecule has 1 amide bonds. The summed E-state index contributed by atoms with van der Waals surface area (Å²) in [5, 5.41) is 5.38. The molecule has 0 N–H and O–H groups in total. The molecule has 2 aromatic heterocycles. The van der Waals surface area contributed by atoms with Gasteiger partial charge in [-0.1, -0.05) is 48.5 Å². The molecular formula is C27H29N5O. The summed E-state index contributed by atoms with van der Waals surface area (Å²) in [4.78, 5) is 22.9. The molecule has 0 saturated carbocycles. The van der Waals surface area contributed by atoms with Crippen molar-refractivity contribution in [3.8, 4) is 11.3 Å². The van der Waals surface area contributed by atoms with Crippen LogP contribution in [0.5, 0.6) is 0 Å². The molecule has 0 aliphatic carbocycles. The molecule has 2 aromatic carbocycles. The van der Waals surface area contributed by atoms with E-state index in [0.717, 1.165) is 41.1 Å². The van der Waals surface area contributed by atoms with Crippen LogP contribution in [0.2, 0.25) is 0 Å². The molecular weight excluding hydrogens is 410 g/mol. The normalized spacial score (nSPS) is 13.6. The van der Waals surface area contributed by atoms with E-state index in [1.54, 1.807) is 4.68 Å². The van der Waals surface area contributed by atoms with E-state index in [1.165, 1.54) is 24.1 Å². The van der Waals surface area contributed by atoms with E-state index in [4.69, 9.17) is 4.98 Å². The number of aryl methyl sites for hydroxylation is 2. The number of hydrogen-bond donors (Lipinski definition) is 0. The van der Waals surface area contributed by atoms with Crippen LogP contribution in [0.4, 0.5) is 5.69 Å². The zero-order chi connectivity index (χ0) is 22.9. The van der Waals surface area contributed by atoms with E-state index in [1.807, 2.05) is 62.3 Å². The average Bonchev–Trinajstić information content (AvgIpc) is 3.47. The van der Waals surface area contributed by atoms with Crippen molar-refractivity contribution in [3.05, 3.63) is 77.5 Å². The van der Waals surface area contributed by atoms with Crippen LogP contribution < -0.4 is 4.90 Å². The summed E-state index contributed by atoms with van der Waals surface area (Å²) in [6, 6.07) is 20.3. The molecule has 1 aliphatic rings. The van der Waals surface area contributed by atoms with Crippen LogP contribution >= 0.6 is 0 Å². The zero-order valence-electron chi connectivity index (χ0n) is 19.5. The number of aromatic nitrogens is 3. The second kappa shape index (κ2) is 8.70. The Labute approximate surface area is 194 Å². The number of nitrogens with zero attached hydrogens (tertiary/aromatic N) is 5. The monoisotopic (exact) mass is 439 g/mol. The third-order valence-corrected chi connectivity index (χ3v) is 6.46. The third kappa shape index (κ3) is 3.97. The summed E-state index contributed by atoms with van der Waals surface area (Å²) in [5.41, 5.74) is 6.35. The van der Waals surface area contributed by atoms with Crippen LogP contribution in [0.25, 0.3) is 22.3 Å². The van der Waals surface area contributed by atoms with Crippen LogP contribution in [0.15, 0.2) is 60.7 Å². The van der Waals surface area contributed by atoms with E-state index in [9.17, 15) is 4.79 Å². The molecule has 1 fully saturated rings. The van der Waals surface area contributed by atoms with Crippen molar-refractivity contribution >= 4 is 22.6 Å². The molecule has 4 aromatic rings. The lowest BCUT2D eigenvalue weighted by molar-refractivity contribution is 0.0787. The number of anilines is 1. The topological polar surface area (TPSA) is 54.3 Å². The first-order valence-electron chi connectivity index (χ1n) is 11.5. The Morgan fingerprint density at radius 2 is 1.73 bits per heavy atom. The number of fused-ring (bicyclic) bond motifs is 1. The highest BCUT2D eigenvalue weighted by Gasteiger charge is 2.23. The summed E-state index contributed by atoms with van der Waals surface area (Å²) >= 11 is 0. The lowest BCUT2D eigenvalue weighted by atomic mass is 10.0. The lowest BCUT2D eigenvalue weighted by Crippen LogP contribution is -2.28. The molecule has 0 radical (unpaired) electrons. The number of carbonyl (C=O) groups is 1. The standard InChI is InChI=1S/C27H29N5O/c1-19-25-22(17-23(20-11-5-4-6-12-20)28-26(25)31(3)29-19)27(33)30(2)18-21-13-7-8-14-24(21)32-15-9-10-16-32/h4-8,11-14,17H,9-10,15-16,18H2,1-3H3. The van der Waals surface area contributed by atoms with E-state index in [2.05, 4.69) is 34.3 Å². The fourth-order valence-corrected chi connectivity index (χ4v) is 4.81. The number of para-hydroxylation sites is 1. The van der Waals surface area contributed by atoms with Gasteiger partial charge in [0.1, 0.15) is 0 Å². The van der Waals surface area contributed by atoms with Crippen molar-refractivity contribution in [2.45, 2.75) is 26.3 Å². The first-order chi connectivity index (χ1) is 16.0. The van der Waals surface area contributed by atoms with Gasteiger partial charge in [-0.15, -0.1) is 0 Å². The first-order valence-corrected chi connectivity index (χ1v) is 11.5. The van der Waals surface area contributed by atoms with Crippen LogP contribution in [-0.4, -0.2) is 45.7 Å². The maximum absolute atomic E-state index is 13.8. The number of benzene rings is 2. The molecule has 6 heteroatoms. The molecule has 0 unspecified atom stereocenters. The van der Waals surface area contributed by atoms with Crippen LogP contribution in [0.1, 0.15) is 34.5 Å². The van der Waals surface area contributed by atoms with E-state index >= 15 is 0 Å². The highest BCUT2D eigenvalue weighted by Crippen LogP contribution is 2.29.